The Kier molecular flexibility index (Phi) is 8.25. The molecule has 1 N–H and O–H groups in total. The first-order valence-electron chi connectivity index (χ1n) is 14.2. The molecule has 0 aromatic heterocycles. The maximum atomic E-state index is 13.9. The molecule has 2 aliphatic rings. The fourth-order valence-electron chi connectivity index (χ4n) is 6.16. The van der Waals surface area contributed by atoms with E-state index >= 15 is 0 Å². The maximum Gasteiger partial charge on any atom is 0.416 e. The van der Waals surface area contributed by atoms with Crippen LogP contribution in [0.15, 0.2) is 60.7 Å². The second-order valence-electron chi connectivity index (χ2n) is 11.5. The van der Waals surface area contributed by atoms with Crippen molar-refractivity contribution in [3.63, 3.8) is 0 Å². The third-order valence-corrected chi connectivity index (χ3v) is 8.73. The molecular formula is C34H27Cl2F6NO2. The summed E-state index contributed by atoms with van der Waals surface area (Å²) in [5, 5.41) is 3.80. The molecule has 2 atom stereocenters. The van der Waals surface area contributed by atoms with Crippen LogP contribution in [0.3, 0.4) is 0 Å². The van der Waals surface area contributed by atoms with Crippen molar-refractivity contribution >= 4 is 23.2 Å². The van der Waals surface area contributed by atoms with Crippen molar-refractivity contribution in [2.75, 3.05) is 13.1 Å². The highest BCUT2D eigenvalue weighted by molar-refractivity contribution is 6.35. The molecule has 2 unspecified atom stereocenters. The van der Waals surface area contributed by atoms with Gasteiger partial charge >= 0.3 is 12.4 Å². The zero-order valence-corrected chi connectivity index (χ0v) is 25.6. The normalized spacial score (nSPS) is 17.6. The number of nitrogens with one attached hydrogen (secondary N) is 1. The number of fused-ring (bicyclic) bond motifs is 2. The van der Waals surface area contributed by atoms with E-state index in [1.54, 1.807) is 6.07 Å². The molecule has 0 amide bonds. The van der Waals surface area contributed by atoms with Crippen molar-refractivity contribution in [1.29, 1.82) is 0 Å². The van der Waals surface area contributed by atoms with E-state index in [4.69, 9.17) is 32.7 Å². The van der Waals surface area contributed by atoms with Crippen molar-refractivity contribution in [1.82, 2.24) is 5.32 Å². The van der Waals surface area contributed by atoms with Gasteiger partial charge in [-0.1, -0.05) is 41.4 Å². The number of benzene rings is 4. The van der Waals surface area contributed by atoms with E-state index in [0.29, 0.717) is 50.9 Å². The van der Waals surface area contributed by atoms with Crippen molar-refractivity contribution in [2.45, 2.75) is 51.2 Å². The van der Waals surface area contributed by atoms with Crippen LogP contribution in [-0.4, -0.2) is 25.3 Å². The highest BCUT2D eigenvalue weighted by atomic mass is 35.5. The molecule has 4 aromatic rings. The highest BCUT2D eigenvalue weighted by Crippen LogP contribution is 2.47. The van der Waals surface area contributed by atoms with Gasteiger partial charge in [0, 0.05) is 52.7 Å². The predicted octanol–water partition coefficient (Wildman–Crippen LogP) is 9.88. The second kappa shape index (κ2) is 11.8. The van der Waals surface area contributed by atoms with E-state index in [9.17, 15) is 26.3 Å². The lowest BCUT2D eigenvalue weighted by Gasteiger charge is -2.18. The molecule has 236 valence electrons. The van der Waals surface area contributed by atoms with Gasteiger partial charge in [0.1, 0.15) is 23.7 Å². The molecule has 0 saturated heterocycles. The van der Waals surface area contributed by atoms with Crippen molar-refractivity contribution in [3.8, 4) is 33.8 Å². The molecule has 45 heavy (non-hydrogen) atoms. The average molecular weight is 666 g/mol. The summed E-state index contributed by atoms with van der Waals surface area (Å²) in [5.41, 5.74) is 2.63. The van der Waals surface area contributed by atoms with Crippen LogP contribution >= 0.6 is 23.2 Å². The third kappa shape index (κ3) is 6.35. The van der Waals surface area contributed by atoms with E-state index < -0.39 is 35.7 Å². The average Bonchev–Trinajstić information content (AvgIpc) is 3.56. The van der Waals surface area contributed by atoms with Crippen molar-refractivity contribution in [2.24, 2.45) is 0 Å². The van der Waals surface area contributed by atoms with Gasteiger partial charge in [0.15, 0.2) is 0 Å². The van der Waals surface area contributed by atoms with E-state index in [0.717, 1.165) is 35.4 Å². The van der Waals surface area contributed by atoms with Crippen LogP contribution < -0.4 is 14.8 Å². The van der Waals surface area contributed by atoms with Gasteiger partial charge in [-0.15, -0.1) is 0 Å². The first-order valence-corrected chi connectivity index (χ1v) is 15.0. The summed E-state index contributed by atoms with van der Waals surface area (Å²) in [7, 11) is 0. The molecule has 6 rings (SSSR count). The van der Waals surface area contributed by atoms with Gasteiger partial charge in [-0.05, 0) is 84.1 Å². The Labute approximate surface area is 266 Å². The van der Waals surface area contributed by atoms with Gasteiger partial charge in [0.25, 0.3) is 0 Å². The zero-order chi connectivity index (χ0) is 32.3. The first kappa shape index (κ1) is 31.6. The van der Waals surface area contributed by atoms with E-state index in [1.807, 2.05) is 32.0 Å². The Balaban J connectivity index is 1.20. The standard InChI is InChI=1S/C34H27Cl2F6NO2/c1-17-4-3-5-18(2)30(17)28-13-22(34(40,41)42)9-20-11-25(45-32(20)28)16-43-15-24-10-19-8-21(33(37,38)39)12-27(31(19)44-24)26-14-23(35)6-7-29(26)36/h3-9,12-14,24-25,43H,10-11,15-16H2,1-2H3. The SMILES string of the molecule is Cc1cccc(C)c1-c1cc(C(F)(F)F)cc2c1OC(CNCC1Cc3cc(C(F)(F)F)cc(-c4cc(Cl)ccc4Cl)c3O1)C2. The molecule has 0 saturated carbocycles. The number of ether oxygens (including phenoxy) is 2. The van der Waals surface area contributed by atoms with Crippen LogP contribution in [-0.2, 0) is 25.2 Å². The Morgan fingerprint density at radius 1 is 0.689 bits per heavy atom. The van der Waals surface area contributed by atoms with Gasteiger partial charge in [0.05, 0.1) is 11.1 Å². The van der Waals surface area contributed by atoms with E-state index in [1.165, 1.54) is 12.1 Å². The molecule has 0 radical (unpaired) electrons. The zero-order valence-electron chi connectivity index (χ0n) is 24.1. The summed E-state index contributed by atoms with van der Waals surface area (Å²) < 4.78 is 95.4. The summed E-state index contributed by atoms with van der Waals surface area (Å²) in [5.74, 6) is 0.737. The van der Waals surface area contributed by atoms with Crippen LogP contribution in [0.5, 0.6) is 11.5 Å². The van der Waals surface area contributed by atoms with Gasteiger partial charge in [-0.3, -0.25) is 0 Å². The Bertz CT molecular complexity index is 1770. The van der Waals surface area contributed by atoms with Crippen LogP contribution in [0.4, 0.5) is 26.3 Å². The number of hydrogen-bond donors (Lipinski definition) is 1. The minimum Gasteiger partial charge on any atom is -0.488 e. The van der Waals surface area contributed by atoms with Crippen molar-refractivity contribution < 1.29 is 35.8 Å². The van der Waals surface area contributed by atoms with Gasteiger partial charge < -0.3 is 14.8 Å². The molecule has 2 aliphatic heterocycles. The molecule has 0 spiro atoms. The smallest absolute Gasteiger partial charge is 0.416 e. The summed E-state index contributed by atoms with van der Waals surface area (Å²) in [6, 6.07) is 14.5. The van der Waals surface area contributed by atoms with Crippen LogP contribution in [0.25, 0.3) is 22.3 Å². The number of hydrogen-bond acceptors (Lipinski definition) is 3. The molecule has 0 fully saturated rings. The minimum atomic E-state index is -4.58. The summed E-state index contributed by atoms with van der Waals surface area (Å²) in [6.45, 7) is 4.27. The largest absolute Gasteiger partial charge is 0.488 e. The third-order valence-electron chi connectivity index (χ3n) is 8.16. The monoisotopic (exact) mass is 665 g/mol. The first-order chi connectivity index (χ1) is 21.2. The van der Waals surface area contributed by atoms with Gasteiger partial charge in [-0.2, -0.15) is 26.3 Å². The van der Waals surface area contributed by atoms with Gasteiger partial charge in [0.2, 0.25) is 0 Å². The second-order valence-corrected chi connectivity index (χ2v) is 12.3. The van der Waals surface area contributed by atoms with Crippen molar-refractivity contribution in [3.05, 3.63) is 104 Å². The lowest BCUT2D eigenvalue weighted by atomic mass is 9.91. The van der Waals surface area contributed by atoms with Crippen LogP contribution in [0.1, 0.15) is 33.4 Å². The molecular weight excluding hydrogens is 639 g/mol. The number of halogens is 8. The summed E-state index contributed by atoms with van der Waals surface area (Å²) in [6.07, 6.45) is -9.57. The fraction of sp³-hybridized carbons (Fsp3) is 0.294. The fourth-order valence-corrected chi connectivity index (χ4v) is 6.55. The maximum absolute atomic E-state index is 13.9. The molecule has 0 aliphatic carbocycles. The van der Waals surface area contributed by atoms with E-state index in [2.05, 4.69) is 5.32 Å². The Hall–Kier alpha value is -3.40. The summed E-state index contributed by atoms with van der Waals surface area (Å²) >= 11 is 12.5. The Morgan fingerprint density at radius 2 is 1.20 bits per heavy atom. The quantitative estimate of drug-likeness (QED) is 0.208. The highest BCUT2D eigenvalue weighted by Gasteiger charge is 2.37. The molecule has 0 bridgehead atoms. The lowest BCUT2D eigenvalue weighted by Crippen LogP contribution is -2.36. The van der Waals surface area contributed by atoms with Crippen LogP contribution in [0.2, 0.25) is 10.0 Å². The topological polar surface area (TPSA) is 30.5 Å². The van der Waals surface area contributed by atoms with Gasteiger partial charge in [-0.25, -0.2) is 0 Å². The Morgan fingerprint density at radius 3 is 1.73 bits per heavy atom. The molecule has 2 heterocycles. The van der Waals surface area contributed by atoms with Crippen LogP contribution in [0, 0.1) is 13.8 Å². The molecule has 11 heteroatoms. The number of rotatable bonds is 6. The van der Waals surface area contributed by atoms with E-state index in [-0.39, 0.29) is 30.0 Å². The molecule has 3 nitrogen and oxygen atoms in total. The molecule has 4 aromatic carbocycles. The predicted molar refractivity (Wildman–Crippen MR) is 162 cm³/mol. The summed E-state index contributed by atoms with van der Waals surface area (Å²) in [4.78, 5) is 0. The minimum absolute atomic E-state index is 0.198. The lowest BCUT2D eigenvalue weighted by molar-refractivity contribution is -0.138. The number of aryl methyl sites for hydroxylation is 2. The number of alkyl halides is 6.